The summed E-state index contributed by atoms with van der Waals surface area (Å²) in [6, 6.07) is 9.13. The topological polar surface area (TPSA) is 120 Å². The van der Waals surface area contributed by atoms with E-state index in [2.05, 4.69) is 34.5 Å². The highest BCUT2D eigenvalue weighted by molar-refractivity contribution is 8.25. The van der Waals surface area contributed by atoms with Gasteiger partial charge in [0, 0.05) is 42.9 Å². The Morgan fingerprint density at radius 3 is 2.53 bits per heavy atom. The zero-order valence-electron chi connectivity index (χ0n) is 21.2. The average Bonchev–Trinajstić information content (AvgIpc) is 3.22. The number of methoxy groups -OCH3 is 1. The number of nitrogens with one attached hydrogen (secondary N) is 2. The van der Waals surface area contributed by atoms with Crippen LogP contribution in [-0.4, -0.2) is 62.9 Å². The maximum absolute atomic E-state index is 11.7. The molecule has 3 N–H and O–H groups in total. The van der Waals surface area contributed by atoms with Crippen LogP contribution >= 0.6 is 10.7 Å². The molecule has 0 aliphatic carbocycles. The van der Waals surface area contributed by atoms with Gasteiger partial charge in [-0.3, -0.25) is 5.43 Å². The van der Waals surface area contributed by atoms with E-state index >= 15 is 0 Å². The minimum atomic E-state index is -1.05. The Morgan fingerprint density at radius 1 is 1.19 bits per heavy atom. The Balaban J connectivity index is 1.54. The number of aromatic nitrogens is 2. The molecule has 1 aromatic heterocycles. The van der Waals surface area contributed by atoms with Crippen LogP contribution in [0.25, 0.3) is 0 Å². The predicted octanol–water partition coefficient (Wildman–Crippen LogP) is 4.44. The smallest absolute Gasteiger partial charge is 0.374 e. The van der Waals surface area contributed by atoms with Crippen molar-refractivity contribution in [3.8, 4) is 0 Å². The van der Waals surface area contributed by atoms with Crippen molar-refractivity contribution in [2.24, 2.45) is 11.3 Å². The van der Waals surface area contributed by atoms with Gasteiger partial charge >= 0.3 is 11.3 Å². The van der Waals surface area contributed by atoms with E-state index < -0.39 is 16.0 Å². The van der Waals surface area contributed by atoms with E-state index in [1.165, 1.54) is 7.11 Å². The quantitative estimate of drug-likeness (QED) is 0.361. The van der Waals surface area contributed by atoms with Crippen molar-refractivity contribution in [1.29, 1.82) is 0 Å². The number of piperidine rings is 1. The zero-order valence-corrected chi connectivity index (χ0v) is 22.0. The molecule has 0 radical (unpaired) electrons. The van der Waals surface area contributed by atoms with Gasteiger partial charge in [-0.25, -0.2) is 9.59 Å². The number of ether oxygens (including phenoxy) is 1. The summed E-state index contributed by atoms with van der Waals surface area (Å²) in [4.78, 5) is 35.1. The number of benzene rings is 1. The van der Waals surface area contributed by atoms with Gasteiger partial charge < -0.3 is 20.1 Å². The molecular weight excluding hydrogens is 480 g/mol. The van der Waals surface area contributed by atoms with Crippen LogP contribution in [0.1, 0.15) is 49.5 Å². The van der Waals surface area contributed by atoms with Crippen LogP contribution in [0.3, 0.4) is 0 Å². The SMILES string of the molecule is COC(=O)c1ccc(CNc2cc(N3CCC(C)(C)CC3)nc(NN3CC(C)C=S3C(=O)O)n2)cc1. The summed E-state index contributed by atoms with van der Waals surface area (Å²) in [5.41, 5.74) is 4.94. The van der Waals surface area contributed by atoms with Gasteiger partial charge in [-0.1, -0.05) is 32.9 Å². The molecule has 0 amide bonds. The third-order valence-electron chi connectivity index (χ3n) is 6.46. The highest BCUT2D eigenvalue weighted by atomic mass is 32.2. The fourth-order valence-electron chi connectivity index (χ4n) is 4.18. The number of hydrazine groups is 1. The Kier molecular flexibility index (Phi) is 7.79. The van der Waals surface area contributed by atoms with Gasteiger partial charge in [0.15, 0.2) is 0 Å². The van der Waals surface area contributed by atoms with Crippen molar-refractivity contribution in [3.63, 3.8) is 0 Å². The second-order valence-electron chi connectivity index (χ2n) is 10.00. The maximum Gasteiger partial charge on any atom is 0.374 e. The molecule has 1 fully saturated rings. The van der Waals surface area contributed by atoms with E-state index in [4.69, 9.17) is 9.72 Å². The molecule has 194 valence electrons. The van der Waals surface area contributed by atoms with Crippen molar-refractivity contribution in [2.75, 3.05) is 42.4 Å². The molecule has 2 aromatic rings. The van der Waals surface area contributed by atoms with Gasteiger partial charge in [0.25, 0.3) is 0 Å². The molecule has 1 aromatic carbocycles. The molecule has 1 saturated heterocycles. The number of carbonyl (C=O) groups excluding carboxylic acids is 1. The summed E-state index contributed by atoms with van der Waals surface area (Å²) in [5, 5.41) is 13.9. The lowest BCUT2D eigenvalue weighted by Crippen LogP contribution is -2.38. The monoisotopic (exact) mass is 514 g/mol. The molecule has 2 aliphatic heterocycles. The highest BCUT2D eigenvalue weighted by Gasteiger charge is 2.28. The van der Waals surface area contributed by atoms with Crippen LogP contribution in [0.4, 0.5) is 22.4 Å². The Bertz CT molecular complexity index is 1140. The summed E-state index contributed by atoms with van der Waals surface area (Å²) < 4.78 is 6.46. The molecule has 2 atom stereocenters. The molecule has 0 spiro atoms. The Labute approximate surface area is 214 Å². The van der Waals surface area contributed by atoms with Crippen LogP contribution in [0.2, 0.25) is 0 Å². The van der Waals surface area contributed by atoms with Gasteiger partial charge in [-0.15, -0.1) is 0 Å². The number of esters is 1. The van der Waals surface area contributed by atoms with Crippen LogP contribution < -0.4 is 15.6 Å². The van der Waals surface area contributed by atoms with Crippen molar-refractivity contribution in [3.05, 3.63) is 41.5 Å². The molecule has 2 unspecified atom stereocenters. The number of carboxylic acid groups (broad SMARTS) is 1. The Morgan fingerprint density at radius 2 is 1.89 bits per heavy atom. The largest absolute Gasteiger partial charge is 0.473 e. The summed E-state index contributed by atoms with van der Waals surface area (Å²) in [6.45, 7) is 9.42. The number of rotatable bonds is 7. The van der Waals surface area contributed by atoms with Crippen LogP contribution in [0, 0.1) is 11.3 Å². The number of hydrogen-bond acceptors (Lipinski definition) is 9. The van der Waals surface area contributed by atoms with E-state index in [0.717, 1.165) is 37.3 Å². The van der Waals surface area contributed by atoms with Gasteiger partial charge in [0.1, 0.15) is 11.6 Å². The first-order chi connectivity index (χ1) is 17.1. The number of hydrogen-bond donors (Lipinski definition) is 3. The summed E-state index contributed by atoms with van der Waals surface area (Å²) >= 11 is 0. The molecule has 0 saturated carbocycles. The average molecular weight is 515 g/mol. The van der Waals surface area contributed by atoms with E-state index in [1.54, 1.807) is 16.5 Å². The number of carbonyl (C=O) groups is 2. The molecule has 4 rings (SSSR count). The maximum atomic E-state index is 11.7. The van der Waals surface area contributed by atoms with Crippen molar-refractivity contribution in [2.45, 2.75) is 40.2 Å². The summed E-state index contributed by atoms with van der Waals surface area (Å²) in [7, 11) is 0.306. The second-order valence-corrected chi connectivity index (χ2v) is 11.7. The lowest BCUT2D eigenvalue weighted by atomic mass is 9.83. The van der Waals surface area contributed by atoms with E-state index in [1.807, 2.05) is 30.5 Å². The van der Waals surface area contributed by atoms with Gasteiger partial charge in [-0.2, -0.15) is 14.4 Å². The van der Waals surface area contributed by atoms with Crippen LogP contribution in [0.5, 0.6) is 0 Å². The summed E-state index contributed by atoms with van der Waals surface area (Å²) in [5.74, 6) is 1.58. The fourth-order valence-corrected chi connectivity index (χ4v) is 5.74. The minimum Gasteiger partial charge on any atom is -0.473 e. The molecule has 11 heteroatoms. The van der Waals surface area contributed by atoms with Gasteiger partial charge in [-0.05, 0) is 47.2 Å². The number of nitrogens with zero attached hydrogens (tertiary/aromatic N) is 4. The molecule has 3 heterocycles. The van der Waals surface area contributed by atoms with Crippen molar-refractivity contribution in [1.82, 2.24) is 14.4 Å². The van der Waals surface area contributed by atoms with Crippen LogP contribution in [0.15, 0.2) is 30.3 Å². The summed E-state index contributed by atoms with van der Waals surface area (Å²) in [6.07, 6.45) is 2.13. The predicted molar refractivity (Wildman–Crippen MR) is 144 cm³/mol. The first-order valence-corrected chi connectivity index (χ1v) is 13.3. The lowest BCUT2D eigenvalue weighted by molar-refractivity contribution is 0.0600. The van der Waals surface area contributed by atoms with Crippen molar-refractivity contribution < 1.29 is 19.4 Å². The zero-order chi connectivity index (χ0) is 25.9. The lowest BCUT2D eigenvalue weighted by Gasteiger charge is -2.37. The van der Waals surface area contributed by atoms with Gasteiger partial charge in [0.05, 0.1) is 12.7 Å². The first-order valence-electron chi connectivity index (χ1n) is 12.0. The van der Waals surface area contributed by atoms with Crippen LogP contribution in [-0.2, 0) is 11.3 Å². The van der Waals surface area contributed by atoms with Gasteiger partial charge in [0.2, 0.25) is 5.95 Å². The molecule has 2 aliphatic rings. The molecular formula is C25H34N6O4S. The Hall–Kier alpha value is -3.18. The van der Waals surface area contributed by atoms with Crippen molar-refractivity contribution >= 4 is 44.9 Å². The molecule has 10 nitrogen and oxygen atoms in total. The number of anilines is 3. The third kappa shape index (κ3) is 6.33. The van der Waals surface area contributed by atoms with E-state index in [9.17, 15) is 14.7 Å². The third-order valence-corrected chi connectivity index (χ3v) is 8.25. The van der Waals surface area contributed by atoms with E-state index in [0.29, 0.717) is 35.8 Å². The molecule has 0 bridgehead atoms. The molecule has 36 heavy (non-hydrogen) atoms. The highest BCUT2D eigenvalue weighted by Crippen LogP contribution is 2.33. The fraction of sp³-hybridized carbons (Fsp3) is 0.480. The second kappa shape index (κ2) is 10.8. The normalized spacial score (nSPS) is 21.5. The first kappa shape index (κ1) is 25.9. The minimum absolute atomic E-state index is 0.148. The standard InChI is InChI=1S/C25H34N6O4S/c1-17-15-31(36(16-17)24(33)34)29-23-27-20(13-21(28-23)30-11-9-25(2,3)10-12-30)26-14-18-5-7-19(8-6-18)22(32)35-4/h5-8,13,16-17H,9-12,14-15H2,1-4H3,(H,33,34)(H2,26,27,28,29). The van der Waals surface area contributed by atoms with E-state index in [-0.39, 0.29) is 11.9 Å².